The third kappa shape index (κ3) is 5.38. The molecule has 148 valence electrons. The van der Waals surface area contributed by atoms with E-state index in [1.807, 2.05) is 0 Å². The highest BCUT2D eigenvalue weighted by Crippen LogP contribution is 2.15. The fourth-order valence-electron chi connectivity index (χ4n) is 2.75. The van der Waals surface area contributed by atoms with Crippen molar-refractivity contribution in [2.75, 3.05) is 24.3 Å². The number of ether oxygens (including phenoxy) is 1. The van der Waals surface area contributed by atoms with Crippen molar-refractivity contribution in [3.05, 3.63) is 89.5 Å². The number of aromatic nitrogens is 1. The summed E-state index contributed by atoms with van der Waals surface area (Å²) in [4.78, 5) is 28.2. The van der Waals surface area contributed by atoms with Crippen LogP contribution >= 0.6 is 0 Å². The molecule has 0 radical (unpaired) electrons. The Hall–Kier alpha value is -3.74. The number of carbonyl (C=O) groups excluding carboxylic acids is 2. The topological polar surface area (TPSA) is 80.3 Å². The minimum absolute atomic E-state index is 0.241. The second-order valence-corrected chi connectivity index (χ2v) is 6.26. The average molecular weight is 393 g/mol. The molecule has 3 aromatic rings. The zero-order chi connectivity index (χ0) is 20.6. The largest absolute Gasteiger partial charge is 0.465 e. The second-order valence-electron chi connectivity index (χ2n) is 6.26. The predicted octanol–water partition coefficient (Wildman–Crippen LogP) is 3.91. The Morgan fingerprint density at radius 3 is 2.59 bits per heavy atom. The van der Waals surface area contributed by atoms with Crippen LogP contribution in [0.25, 0.3) is 0 Å². The van der Waals surface area contributed by atoms with Gasteiger partial charge in [-0.15, -0.1) is 0 Å². The van der Waals surface area contributed by atoms with Crippen LogP contribution in [0.1, 0.15) is 26.3 Å². The van der Waals surface area contributed by atoms with Gasteiger partial charge in [0.25, 0.3) is 5.91 Å². The monoisotopic (exact) mass is 393 g/mol. The molecular formula is C22H20FN3O3. The van der Waals surface area contributed by atoms with Crippen molar-refractivity contribution in [1.29, 1.82) is 0 Å². The summed E-state index contributed by atoms with van der Waals surface area (Å²) in [6.07, 6.45) is 3.54. The van der Waals surface area contributed by atoms with Gasteiger partial charge in [0.2, 0.25) is 0 Å². The van der Waals surface area contributed by atoms with Crippen molar-refractivity contribution in [2.45, 2.75) is 6.42 Å². The lowest BCUT2D eigenvalue weighted by Gasteiger charge is -2.10. The maximum Gasteiger partial charge on any atom is 0.337 e. The highest BCUT2D eigenvalue weighted by atomic mass is 19.1. The van der Waals surface area contributed by atoms with E-state index in [0.29, 0.717) is 41.0 Å². The summed E-state index contributed by atoms with van der Waals surface area (Å²) in [6.45, 7) is 0.495. The Morgan fingerprint density at radius 1 is 1.00 bits per heavy atom. The van der Waals surface area contributed by atoms with E-state index in [2.05, 4.69) is 20.4 Å². The van der Waals surface area contributed by atoms with Crippen LogP contribution in [0.3, 0.4) is 0 Å². The molecule has 2 aromatic carbocycles. The molecule has 29 heavy (non-hydrogen) atoms. The van der Waals surface area contributed by atoms with E-state index in [9.17, 15) is 14.0 Å². The molecule has 0 aliphatic rings. The molecule has 1 amide bonds. The van der Waals surface area contributed by atoms with Gasteiger partial charge in [0, 0.05) is 24.6 Å². The van der Waals surface area contributed by atoms with Gasteiger partial charge in [-0.05, 0) is 42.3 Å². The lowest BCUT2D eigenvalue weighted by atomic mass is 10.1. The molecule has 0 atom stereocenters. The number of hydrogen-bond donors (Lipinski definition) is 2. The summed E-state index contributed by atoms with van der Waals surface area (Å²) in [5.74, 6) is -1.09. The molecule has 0 saturated heterocycles. The van der Waals surface area contributed by atoms with Crippen molar-refractivity contribution in [3.8, 4) is 0 Å². The highest BCUT2D eigenvalue weighted by Gasteiger charge is 2.10. The molecule has 1 heterocycles. The van der Waals surface area contributed by atoms with E-state index in [1.54, 1.807) is 48.7 Å². The first-order chi connectivity index (χ1) is 14.1. The van der Waals surface area contributed by atoms with Gasteiger partial charge in [-0.1, -0.05) is 24.3 Å². The first kappa shape index (κ1) is 20.0. The normalized spacial score (nSPS) is 10.3. The first-order valence-electron chi connectivity index (χ1n) is 8.99. The molecule has 1 aromatic heterocycles. The summed E-state index contributed by atoms with van der Waals surface area (Å²) < 4.78 is 18.4. The van der Waals surface area contributed by atoms with Gasteiger partial charge in [0.05, 0.1) is 23.9 Å². The van der Waals surface area contributed by atoms with Gasteiger partial charge in [-0.3, -0.25) is 9.78 Å². The molecule has 0 spiro atoms. The van der Waals surface area contributed by atoms with E-state index >= 15 is 0 Å². The molecule has 0 unspecified atom stereocenters. The Morgan fingerprint density at radius 2 is 1.79 bits per heavy atom. The number of esters is 1. The van der Waals surface area contributed by atoms with Crippen molar-refractivity contribution in [2.24, 2.45) is 0 Å². The van der Waals surface area contributed by atoms with Gasteiger partial charge in [0.15, 0.2) is 0 Å². The number of benzene rings is 2. The molecular weight excluding hydrogens is 373 g/mol. The number of carbonyl (C=O) groups is 2. The van der Waals surface area contributed by atoms with Crippen molar-refractivity contribution < 1.29 is 18.7 Å². The number of hydrogen-bond acceptors (Lipinski definition) is 5. The molecule has 0 aliphatic carbocycles. The summed E-state index contributed by atoms with van der Waals surface area (Å²) in [5, 5.41) is 5.87. The minimum Gasteiger partial charge on any atom is -0.465 e. The average Bonchev–Trinajstić information content (AvgIpc) is 2.75. The van der Waals surface area contributed by atoms with Gasteiger partial charge >= 0.3 is 5.97 Å². The van der Waals surface area contributed by atoms with E-state index in [4.69, 9.17) is 0 Å². The fourth-order valence-corrected chi connectivity index (χ4v) is 2.75. The predicted molar refractivity (Wildman–Crippen MR) is 109 cm³/mol. The van der Waals surface area contributed by atoms with Gasteiger partial charge in [-0.25, -0.2) is 9.18 Å². The molecule has 3 rings (SSSR count). The molecule has 6 nitrogen and oxygen atoms in total. The fraction of sp³-hybridized carbons (Fsp3) is 0.136. The number of halogens is 1. The van der Waals surface area contributed by atoms with Crippen molar-refractivity contribution >= 4 is 23.3 Å². The van der Waals surface area contributed by atoms with Crippen LogP contribution < -0.4 is 10.6 Å². The third-order valence-electron chi connectivity index (χ3n) is 4.22. The summed E-state index contributed by atoms with van der Waals surface area (Å²) in [5.41, 5.74) is 2.43. The van der Waals surface area contributed by atoms with Gasteiger partial charge < -0.3 is 15.4 Å². The van der Waals surface area contributed by atoms with Crippen LogP contribution in [-0.2, 0) is 11.2 Å². The Kier molecular flexibility index (Phi) is 6.52. The smallest absolute Gasteiger partial charge is 0.337 e. The number of methoxy groups -OCH3 is 1. The van der Waals surface area contributed by atoms with Crippen molar-refractivity contribution in [1.82, 2.24) is 4.98 Å². The van der Waals surface area contributed by atoms with Crippen LogP contribution in [0.4, 0.5) is 15.8 Å². The van der Waals surface area contributed by atoms with Gasteiger partial charge in [0.1, 0.15) is 5.82 Å². The first-order valence-corrected chi connectivity index (χ1v) is 8.99. The lowest BCUT2D eigenvalue weighted by Crippen LogP contribution is -2.14. The van der Waals surface area contributed by atoms with E-state index in [1.165, 1.54) is 25.4 Å². The maximum atomic E-state index is 13.7. The number of anilines is 2. The van der Waals surface area contributed by atoms with E-state index in [-0.39, 0.29) is 11.7 Å². The standard InChI is InChI=1S/C22H20FN3O3/c1-29-22(28)16-6-4-7-18(11-16)26-21(27)17-12-19(14-24-13-17)25-10-9-15-5-2-3-8-20(15)23/h2-8,11-14,25H,9-10H2,1H3,(H,26,27). The molecule has 7 heteroatoms. The van der Waals surface area contributed by atoms with Crippen LogP contribution in [-0.4, -0.2) is 30.5 Å². The van der Waals surface area contributed by atoms with E-state index < -0.39 is 5.97 Å². The van der Waals surface area contributed by atoms with Crippen molar-refractivity contribution in [3.63, 3.8) is 0 Å². The Labute approximate surface area is 167 Å². The number of rotatable bonds is 7. The maximum absolute atomic E-state index is 13.7. The zero-order valence-electron chi connectivity index (χ0n) is 15.8. The molecule has 0 fully saturated rings. The molecule has 0 bridgehead atoms. The number of pyridine rings is 1. The van der Waals surface area contributed by atoms with Crippen LogP contribution in [0, 0.1) is 5.82 Å². The molecule has 2 N–H and O–H groups in total. The SMILES string of the molecule is COC(=O)c1cccc(NC(=O)c2cncc(NCCc3ccccc3F)c2)c1. The highest BCUT2D eigenvalue weighted by molar-refractivity contribution is 6.05. The molecule has 0 saturated carbocycles. The third-order valence-corrected chi connectivity index (χ3v) is 4.22. The lowest BCUT2D eigenvalue weighted by molar-refractivity contribution is 0.0600. The Balaban J connectivity index is 1.62. The number of nitrogens with one attached hydrogen (secondary N) is 2. The van der Waals surface area contributed by atoms with E-state index in [0.717, 1.165) is 0 Å². The van der Waals surface area contributed by atoms with Crippen LogP contribution in [0.15, 0.2) is 67.0 Å². The summed E-state index contributed by atoms with van der Waals surface area (Å²) in [7, 11) is 1.30. The van der Waals surface area contributed by atoms with Crippen LogP contribution in [0.2, 0.25) is 0 Å². The second kappa shape index (κ2) is 9.45. The summed E-state index contributed by atoms with van der Waals surface area (Å²) >= 11 is 0. The minimum atomic E-state index is -0.483. The quantitative estimate of drug-likeness (QED) is 0.595. The Bertz CT molecular complexity index is 1020. The van der Waals surface area contributed by atoms with Crippen LogP contribution in [0.5, 0.6) is 0 Å². The number of nitrogens with zero attached hydrogens (tertiary/aromatic N) is 1. The molecule has 0 aliphatic heterocycles. The number of amides is 1. The zero-order valence-corrected chi connectivity index (χ0v) is 15.8. The van der Waals surface area contributed by atoms with Gasteiger partial charge in [-0.2, -0.15) is 0 Å². The summed E-state index contributed by atoms with van der Waals surface area (Å²) in [6, 6.07) is 14.7.